The van der Waals surface area contributed by atoms with Crippen LogP contribution in [0.15, 0.2) is 53.6 Å². The third-order valence-corrected chi connectivity index (χ3v) is 5.73. The van der Waals surface area contributed by atoms with Crippen molar-refractivity contribution in [1.82, 2.24) is 19.7 Å². The minimum absolute atomic E-state index is 0.121. The van der Waals surface area contributed by atoms with Gasteiger partial charge in [-0.15, -0.1) is 0 Å². The lowest BCUT2D eigenvalue weighted by Gasteiger charge is -2.16. The van der Waals surface area contributed by atoms with Crippen molar-refractivity contribution in [2.45, 2.75) is 39.5 Å². The molecular formula is C24H25ClN4O3. The van der Waals surface area contributed by atoms with Crippen molar-refractivity contribution in [2.75, 3.05) is 13.1 Å². The van der Waals surface area contributed by atoms with E-state index >= 15 is 0 Å². The Kier molecular flexibility index (Phi) is 6.97. The number of aryl methyl sites for hydroxylation is 1. The van der Waals surface area contributed by atoms with Gasteiger partial charge in [0.2, 0.25) is 0 Å². The fraction of sp³-hybridized carbons (Fsp3) is 0.333. The van der Waals surface area contributed by atoms with Crippen LogP contribution < -0.4 is 10.3 Å². The predicted molar refractivity (Wildman–Crippen MR) is 122 cm³/mol. The highest BCUT2D eigenvalue weighted by atomic mass is 35.5. The molecule has 0 spiro atoms. The van der Waals surface area contributed by atoms with E-state index in [2.05, 4.69) is 21.0 Å². The summed E-state index contributed by atoms with van der Waals surface area (Å²) in [6, 6.07) is 10.7. The van der Waals surface area contributed by atoms with Crippen molar-refractivity contribution < 1.29 is 9.53 Å². The summed E-state index contributed by atoms with van der Waals surface area (Å²) in [4.78, 5) is 31.8. The quantitative estimate of drug-likeness (QED) is 0.485. The van der Waals surface area contributed by atoms with E-state index in [0.29, 0.717) is 22.0 Å². The fourth-order valence-electron chi connectivity index (χ4n) is 3.82. The third-order valence-electron chi connectivity index (χ3n) is 5.51. The van der Waals surface area contributed by atoms with E-state index in [1.165, 1.54) is 36.9 Å². The molecule has 32 heavy (non-hydrogen) atoms. The zero-order valence-corrected chi connectivity index (χ0v) is 18.7. The molecule has 1 aromatic carbocycles. The van der Waals surface area contributed by atoms with E-state index in [0.717, 1.165) is 29.9 Å². The van der Waals surface area contributed by atoms with Gasteiger partial charge in [-0.3, -0.25) is 19.5 Å². The summed E-state index contributed by atoms with van der Waals surface area (Å²) in [6.45, 7) is 5.16. The molecule has 1 fully saturated rings. The zero-order chi connectivity index (χ0) is 22.5. The lowest BCUT2D eigenvalue weighted by Crippen LogP contribution is -2.26. The molecule has 1 aliphatic rings. The Labute approximate surface area is 191 Å². The minimum atomic E-state index is -0.400. The molecule has 7 nitrogen and oxygen atoms in total. The number of rotatable bonds is 8. The Morgan fingerprint density at radius 1 is 1.12 bits per heavy atom. The molecule has 4 rings (SSSR count). The topological polar surface area (TPSA) is 77.3 Å². The molecule has 8 heteroatoms. The van der Waals surface area contributed by atoms with Crippen LogP contribution in [0.25, 0.3) is 0 Å². The van der Waals surface area contributed by atoms with Gasteiger partial charge in [0, 0.05) is 24.4 Å². The third kappa shape index (κ3) is 5.60. The monoisotopic (exact) mass is 452 g/mol. The number of Topliss-reactive ketones (excluding diaryl/α,β-unsaturated/α-hetero) is 1. The summed E-state index contributed by atoms with van der Waals surface area (Å²) in [7, 11) is 0. The van der Waals surface area contributed by atoms with Crippen LogP contribution in [0.1, 0.15) is 40.0 Å². The molecule has 1 aliphatic heterocycles. The van der Waals surface area contributed by atoms with Gasteiger partial charge in [0.05, 0.1) is 16.9 Å². The maximum absolute atomic E-state index is 12.8. The first-order valence-electron chi connectivity index (χ1n) is 10.6. The van der Waals surface area contributed by atoms with Crippen molar-refractivity contribution >= 4 is 17.4 Å². The summed E-state index contributed by atoms with van der Waals surface area (Å²) in [5.74, 6) is 0.168. The van der Waals surface area contributed by atoms with E-state index in [1.54, 1.807) is 12.1 Å². The first-order chi connectivity index (χ1) is 15.5. The standard InChI is InChI=1S/C24H25ClN4O3/c1-17-10-18(14-28-8-2-3-9-28)4-7-22(17)23(30)15-29-24(31)11-21(13-27-29)32-16-20-6-5-19(25)12-26-20/h4-7,10-13H,2-3,8-9,14-16H2,1H3. The van der Waals surface area contributed by atoms with E-state index in [1.807, 2.05) is 19.1 Å². The number of carbonyl (C=O) groups excluding carboxylic acids is 1. The van der Waals surface area contributed by atoms with Crippen molar-refractivity contribution in [3.05, 3.63) is 86.6 Å². The van der Waals surface area contributed by atoms with Crippen LogP contribution in [0.2, 0.25) is 5.02 Å². The number of halogens is 1. The SMILES string of the molecule is Cc1cc(CN2CCCC2)ccc1C(=O)Cn1ncc(OCc2ccc(Cl)cn2)cc1=O. The highest BCUT2D eigenvalue weighted by Gasteiger charge is 2.15. The highest BCUT2D eigenvalue weighted by molar-refractivity contribution is 6.30. The zero-order valence-electron chi connectivity index (χ0n) is 18.0. The second-order valence-electron chi connectivity index (χ2n) is 8.00. The molecule has 3 aromatic rings. The van der Waals surface area contributed by atoms with Gasteiger partial charge in [-0.05, 0) is 56.1 Å². The van der Waals surface area contributed by atoms with Gasteiger partial charge in [0.15, 0.2) is 5.78 Å². The Morgan fingerprint density at radius 2 is 1.94 bits per heavy atom. The summed E-state index contributed by atoms with van der Waals surface area (Å²) >= 11 is 5.82. The van der Waals surface area contributed by atoms with Gasteiger partial charge < -0.3 is 4.74 Å². The molecule has 0 atom stereocenters. The molecule has 0 bridgehead atoms. The number of ketones is 1. The number of benzene rings is 1. The molecule has 0 radical (unpaired) electrons. The van der Waals surface area contributed by atoms with Gasteiger partial charge in [0.25, 0.3) is 5.56 Å². The fourth-order valence-corrected chi connectivity index (χ4v) is 3.93. The number of hydrogen-bond acceptors (Lipinski definition) is 6. The summed E-state index contributed by atoms with van der Waals surface area (Å²) in [5.41, 5.74) is 3.00. The average molecular weight is 453 g/mol. The molecule has 0 N–H and O–H groups in total. The summed E-state index contributed by atoms with van der Waals surface area (Å²) < 4.78 is 6.72. The Morgan fingerprint density at radius 3 is 2.62 bits per heavy atom. The summed E-state index contributed by atoms with van der Waals surface area (Å²) in [5, 5.41) is 4.64. The van der Waals surface area contributed by atoms with Crippen LogP contribution in [0.5, 0.6) is 5.75 Å². The minimum Gasteiger partial charge on any atom is -0.485 e. The molecule has 1 saturated heterocycles. The number of likely N-dealkylation sites (tertiary alicyclic amines) is 1. The van der Waals surface area contributed by atoms with E-state index in [-0.39, 0.29) is 18.9 Å². The second-order valence-corrected chi connectivity index (χ2v) is 8.44. The Balaban J connectivity index is 1.38. The Hall–Kier alpha value is -3.03. The number of aromatic nitrogens is 3. The molecule has 3 heterocycles. The summed E-state index contributed by atoms with van der Waals surface area (Å²) in [6.07, 6.45) is 5.46. The van der Waals surface area contributed by atoms with Crippen LogP contribution in [-0.4, -0.2) is 38.5 Å². The maximum atomic E-state index is 12.8. The van der Waals surface area contributed by atoms with Crippen molar-refractivity contribution in [1.29, 1.82) is 0 Å². The molecule has 166 valence electrons. The van der Waals surface area contributed by atoms with Gasteiger partial charge in [-0.25, -0.2) is 4.68 Å². The van der Waals surface area contributed by atoms with Crippen LogP contribution in [0, 0.1) is 6.92 Å². The maximum Gasteiger partial charge on any atom is 0.270 e. The Bertz CT molecular complexity index is 1150. The first-order valence-corrected chi connectivity index (χ1v) is 11.0. The number of pyridine rings is 1. The van der Waals surface area contributed by atoms with Crippen molar-refractivity contribution in [3.63, 3.8) is 0 Å². The van der Waals surface area contributed by atoms with E-state index in [9.17, 15) is 9.59 Å². The lowest BCUT2D eigenvalue weighted by molar-refractivity contribution is 0.0964. The van der Waals surface area contributed by atoms with Crippen LogP contribution in [0.3, 0.4) is 0 Å². The molecule has 0 amide bonds. The molecule has 0 unspecified atom stereocenters. The normalized spacial score (nSPS) is 13.9. The van der Waals surface area contributed by atoms with Gasteiger partial charge >= 0.3 is 0 Å². The second kappa shape index (κ2) is 10.1. The average Bonchev–Trinajstić information content (AvgIpc) is 3.28. The number of carbonyl (C=O) groups is 1. The molecular weight excluding hydrogens is 428 g/mol. The highest BCUT2D eigenvalue weighted by Crippen LogP contribution is 2.17. The predicted octanol–water partition coefficient (Wildman–Crippen LogP) is 3.66. The van der Waals surface area contributed by atoms with Gasteiger partial charge in [-0.1, -0.05) is 29.8 Å². The smallest absolute Gasteiger partial charge is 0.270 e. The van der Waals surface area contributed by atoms with Crippen molar-refractivity contribution in [2.24, 2.45) is 0 Å². The molecule has 2 aromatic heterocycles. The number of nitrogens with zero attached hydrogens (tertiary/aromatic N) is 4. The first kappa shape index (κ1) is 22.2. The lowest BCUT2D eigenvalue weighted by atomic mass is 10.0. The van der Waals surface area contributed by atoms with E-state index in [4.69, 9.17) is 16.3 Å². The van der Waals surface area contributed by atoms with Crippen LogP contribution in [-0.2, 0) is 19.7 Å². The van der Waals surface area contributed by atoms with E-state index < -0.39 is 5.56 Å². The van der Waals surface area contributed by atoms with Gasteiger partial charge in [-0.2, -0.15) is 5.10 Å². The molecule has 0 saturated carbocycles. The van der Waals surface area contributed by atoms with Crippen molar-refractivity contribution in [3.8, 4) is 5.75 Å². The molecule has 0 aliphatic carbocycles. The largest absolute Gasteiger partial charge is 0.485 e. The number of hydrogen-bond donors (Lipinski definition) is 0. The van der Waals surface area contributed by atoms with Crippen LogP contribution in [0.4, 0.5) is 0 Å². The van der Waals surface area contributed by atoms with Crippen LogP contribution >= 0.6 is 11.6 Å². The van der Waals surface area contributed by atoms with Gasteiger partial charge in [0.1, 0.15) is 18.9 Å². The number of ether oxygens (including phenoxy) is 1.